The maximum absolute atomic E-state index is 11.4. The number of hydrogen-bond donors (Lipinski definition) is 2. The minimum absolute atomic E-state index is 0.267. The molecule has 1 amide bonds. The van der Waals surface area contributed by atoms with Crippen molar-refractivity contribution in [1.82, 2.24) is 5.32 Å². The van der Waals surface area contributed by atoms with Crippen molar-refractivity contribution in [3.8, 4) is 0 Å². The van der Waals surface area contributed by atoms with Crippen LogP contribution in [0.15, 0.2) is 30.3 Å². The van der Waals surface area contributed by atoms with Gasteiger partial charge >= 0.3 is 6.09 Å². The molecule has 5 heteroatoms. The Bertz CT molecular complexity index is 382. The fourth-order valence-corrected chi connectivity index (χ4v) is 1.54. The van der Waals surface area contributed by atoms with Crippen molar-refractivity contribution in [2.24, 2.45) is 5.73 Å². The highest BCUT2D eigenvalue weighted by Crippen LogP contribution is 2.01. The van der Waals surface area contributed by atoms with Crippen LogP contribution >= 0.6 is 0 Å². The summed E-state index contributed by atoms with van der Waals surface area (Å²) in [6.07, 6.45) is 2.54. The van der Waals surface area contributed by atoms with E-state index < -0.39 is 12.1 Å². The first kappa shape index (κ1) is 15.2. The van der Waals surface area contributed by atoms with Crippen molar-refractivity contribution in [3.05, 3.63) is 35.9 Å². The highest BCUT2D eigenvalue weighted by atomic mass is 16.5. The highest BCUT2D eigenvalue weighted by molar-refractivity contribution is 5.67. The zero-order chi connectivity index (χ0) is 13.9. The topological polar surface area (TPSA) is 81.4 Å². The van der Waals surface area contributed by atoms with Crippen LogP contribution in [0.2, 0.25) is 0 Å². The van der Waals surface area contributed by atoms with E-state index in [9.17, 15) is 9.59 Å². The predicted octanol–water partition coefficient (Wildman–Crippen LogP) is 1.61. The van der Waals surface area contributed by atoms with E-state index in [4.69, 9.17) is 10.5 Å². The van der Waals surface area contributed by atoms with Gasteiger partial charge in [-0.1, -0.05) is 30.3 Å². The first-order chi connectivity index (χ1) is 9.22. The molecule has 3 N–H and O–H groups in total. The van der Waals surface area contributed by atoms with Crippen molar-refractivity contribution >= 4 is 12.4 Å². The molecular formula is C14H20N2O3. The summed E-state index contributed by atoms with van der Waals surface area (Å²) in [6.45, 7) is 0.794. The van der Waals surface area contributed by atoms with Gasteiger partial charge in [0.2, 0.25) is 0 Å². The average molecular weight is 264 g/mol. The number of ether oxygens (including phenoxy) is 1. The lowest BCUT2D eigenvalue weighted by atomic mass is 10.1. The summed E-state index contributed by atoms with van der Waals surface area (Å²) in [7, 11) is 0. The zero-order valence-electron chi connectivity index (χ0n) is 10.9. The normalized spacial score (nSPS) is 11.6. The fraction of sp³-hybridized carbons (Fsp3) is 0.429. The molecule has 1 aromatic carbocycles. The molecule has 0 saturated heterocycles. The Labute approximate surface area is 113 Å². The number of hydrogen-bond acceptors (Lipinski definition) is 4. The predicted molar refractivity (Wildman–Crippen MR) is 72.5 cm³/mol. The van der Waals surface area contributed by atoms with Crippen LogP contribution < -0.4 is 11.1 Å². The first-order valence-corrected chi connectivity index (χ1v) is 6.38. The summed E-state index contributed by atoms with van der Waals surface area (Å²) in [6, 6.07) is 9.10. The van der Waals surface area contributed by atoms with Gasteiger partial charge in [-0.25, -0.2) is 4.79 Å². The Kier molecular flexibility index (Phi) is 7.27. The van der Waals surface area contributed by atoms with Crippen LogP contribution in [-0.4, -0.2) is 25.0 Å². The lowest BCUT2D eigenvalue weighted by molar-refractivity contribution is -0.109. The van der Waals surface area contributed by atoms with Gasteiger partial charge in [0, 0.05) is 6.54 Å². The van der Waals surface area contributed by atoms with Gasteiger partial charge in [0.25, 0.3) is 0 Å². The molecular weight excluding hydrogens is 244 g/mol. The summed E-state index contributed by atoms with van der Waals surface area (Å²) in [5, 5.41) is 2.65. The Balaban J connectivity index is 2.04. The lowest BCUT2D eigenvalue weighted by Gasteiger charge is -2.07. The number of aldehydes is 1. The van der Waals surface area contributed by atoms with E-state index >= 15 is 0 Å². The average Bonchev–Trinajstić information content (AvgIpc) is 2.45. The monoisotopic (exact) mass is 264 g/mol. The third kappa shape index (κ3) is 7.21. The molecule has 19 heavy (non-hydrogen) atoms. The van der Waals surface area contributed by atoms with E-state index in [0.29, 0.717) is 13.0 Å². The second-order valence-electron chi connectivity index (χ2n) is 4.28. The van der Waals surface area contributed by atoms with Crippen LogP contribution in [0.1, 0.15) is 24.8 Å². The molecule has 1 rings (SSSR count). The minimum atomic E-state index is -0.427. The first-order valence-electron chi connectivity index (χ1n) is 6.38. The summed E-state index contributed by atoms with van der Waals surface area (Å²) >= 11 is 0. The molecule has 0 aliphatic carbocycles. The van der Waals surface area contributed by atoms with E-state index in [-0.39, 0.29) is 6.61 Å². The van der Waals surface area contributed by atoms with Crippen LogP contribution in [0, 0.1) is 0 Å². The molecule has 0 aliphatic heterocycles. The maximum atomic E-state index is 11.4. The number of nitrogens with two attached hydrogens (primary N) is 1. The number of rotatable bonds is 8. The number of carbonyl (C=O) groups is 2. The van der Waals surface area contributed by atoms with E-state index in [1.165, 1.54) is 0 Å². The largest absolute Gasteiger partial charge is 0.445 e. The Morgan fingerprint density at radius 2 is 2.05 bits per heavy atom. The van der Waals surface area contributed by atoms with Crippen molar-refractivity contribution in [1.29, 1.82) is 0 Å². The molecule has 0 aromatic heterocycles. The van der Waals surface area contributed by atoms with Gasteiger partial charge < -0.3 is 20.6 Å². The van der Waals surface area contributed by atoms with Gasteiger partial charge in [0.15, 0.2) is 0 Å². The number of benzene rings is 1. The van der Waals surface area contributed by atoms with Gasteiger partial charge in [-0.3, -0.25) is 0 Å². The molecule has 0 unspecified atom stereocenters. The summed E-state index contributed by atoms with van der Waals surface area (Å²) in [4.78, 5) is 21.6. The van der Waals surface area contributed by atoms with Crippen molar-refractivity contribution < 1.29 is 14.3 Å². The molecule has 0 spiro atoms. The number of amides is 1. The van der Waals surface area contributed by atoms with E-state index in [1.54, 1.807) is 0 Å². The van der Waals surface area contributed by atoms with Gasteiger partial charge in [-0.2, -0.15) is 0 Å². The third-order valence-corrected chi connectivity index (χ3v) is 2.62. The van der Waals surface area contributed by atoms with E-state index in [2.05, 4.69) is 5.32 Å². The third-order valence-electron chi connectivity index (χ3n) is 2.62. The minimum Gasteiger partial charge on any atom is -0.445 e. The smallest absolute Gasteiger partial charge is 0.407 e. The van der Waals surface area contributed by atoms with Crippen molar-refractivity contribution in [2.45, 2.75) is 31.9 Å². The summed E-state index contributed by atoms with van der Waals surface area (Å²) < 4.78 is 5.05. The molecule has 0 bridgehead atoms. The molecule has 104 valence electrons. The maximum Gasteiger partial charge on any atom is 0.407 e. The van der Waals surface area contributed by atoms with Gasteiger partial charge in [0.1, 0.15) is 12.9 Å². The van der Waals surface area contributed by atoms with Gasteiger partial charge in [-0.05, 0) is 24.8 Å². The Morgan fingerprint density at radius 3 is 2.74 bits per heavy atom. The van der Waals surface area contributed by atoms with Gasteiger partial charge in [0.05, 0.1) is 6.04 Å². The number of alkyl carbamates (subject to hydrolysis) is 1. The van der Waals surface area contributed by atoms with Gasteiger partial charge in [-0.15, -0.1) is 0 Å². The van der Waals surface area contributed by atoms with Crippen LogP contribution in [0.25, 0.3) is 0 Å². The molecule has 0 saturated carbocycles. The lowest BCUT2D eigenvalue weighted by Crippen LogP contribution is -2.26. The van der Waals surface area contributed by atoms with Crippen LogP contribution in [-0.2, 0) is 16.1 Å². The molecule has 0 aliphatic rings. The fourth-order valence-electron chi connectivity index (χ4n) is 1.54. The van der Waals surface area contributed by atoms with E-state index in [1.807, 2.05) is 30.3 Å². The van der Waals surface area contributed by atoms with Crippen LogP contribution in [0.5, 0.6) is 0 Å². The number of carbonyl (C=O) groups excluding carboxylic acids is 2. The molecule has 0 radical (unpaired) electrons. The second-order valence-corrected chi connectivity index (χ2v) is 4.28. The number of nitrogens with one attached hydrogen (secondary N) is 1. The highest BCUT2D eigenvalue weighted by Gasteiger charge is 2.02. The SMILES string of the molecule is N[C@H](C=O)CCCCNC(=O)OCc1ccccc1. The van der Waals surface area contributed by atoms with Crippen LogP contribution in [0.4, 0.5) is 4.79 Å². The molecule has 0 fully saturated rings. The quantitative estimate of drug-likeness (QED) is 0.552. The standard InChI is InChI=1S/C14H20N2O3/c15-13(10-17)8-4-5-9-16-14(18)19-11-12-6-2-1-3-7-12/h1-3,6-7,10,13H,4-5,8-9,11,15H2,(H,16,18)/t13-/m0/s1. The Hall–Kier alpha value is -1.88. The van der Waals surface area contributed by atoms with Crippen molar-refractivity contribution in [3.63, 3.8) is 0 Å². The molecule has 0 heterocycles. The second kappa shape index (κ2) is 9.10. The van der Waals surface area contributed by atoms with E-state index in [0.717, 1.165) is 24.7 Å². The summed E-state index contributed by atoms with van der Waals surface area (Å²) in [5.41, 5.74) is 6.40. The summed E-state index contributed by atoms with van der Waals surface area (Å²) in [5.74, 6) is 0. The molecule has 1 aromatic rings. The molecule has 5 nitrogen and oxygen atoms in total. The zero-order valence-corrected chi connectivity index (χ0v) is 10.9. The molecule has 1 atom stereocenters. The number of unbranched alkanes of at least 4 members (excludes halogenated alkanes) is 1. The van der Waals surface area contributed by atoms with Crippen LogP contribution in [0.3, 0.4) is 0 Å². The Morgan fingerprint density at radius 1 is 1.32 bits per heavy atom. The van der Waals surface area contributed by atoms with Crippen molar-refractivity contribution in [2.75, 3.05) is 6.54 Å².